The van der Waals surface area contributed by atoms with Crippen molar-refractivity contribution < 1.29 is 4.79 Å². The van der Waals surface area contributed by atoms with Crippen LogP contribution in [0.5, 0.6) is 0 Å². The zero-order valence-electron chi connectivity index (χ0n) is 18.3. The van der Waals surface area contributed by atoms with Gasteiger partial charge in [0, 0.05) is 10.9 Å². The van der Waals surface area contributed by atoms with Gasteiger partial charge in [0.05, 0.1) is 28.1 Å². The molecule has 1 heterocycles. The van der Waals surface area contributed by atoms with E-state index in [-0.39, 0.29) is 5.91 Å². The van der Waals surface area contributed by atoms with Crippen molar-refractivity contribution in [2.45, 2.75) is 6.92 Å². The Kier molecular flexibility index (Phi) is 5.56. The predicted octanol–water partition coefficient (Wildman–Crippen LogP) is 6.88. The summed E-state index contributed by atoms with van der Waals surface area (Å²) in [6.45, 7) is 1.97. The van der Waals surface area contributed by atoms with Gasteiger partial charge in [0.25, 0.3) is 5.91 Å². The fraction of sp³-hybridized carbons (Fsp3) is 0.0345. The number of aromatic nitrogens is 1. The highest BCUT2D eigenvalue weighted by molar-refractivity contribution is 6.16. The van der Waals surface area contributed by atoms with Gasteiger partial charge >= 0.3 is 0 Å². The topological polar surface area (TPSA) is 45.2 Å². The normalized spacial score (nSPS) is 10.7. The first-order valence-corrected chi connectivity index (χ1v) is 10.9. The lowest BCUT2D eigenvalue weighted by molar-refractivity contribution is 0.0993. The lowest BCUT2D eigenvalue weighted by Gasteiger charge is -2.26. The Hall–Kier alpha value is -4.44. The molecule has 0 aliphatic carbocycles. The molecule has 4 heteroatoms. The number of amides is 1. The molecule has 0 radical (unpaired) electrons. The van der Waals surface area contributed by atoms with Gasteiger partial charge in [-0.3, -0.25) is 10.2 Å². The van der Waals surface area contributed by atoms with E-state index in [1.54, 1.807) is 5.01 Å². The Morgan fingerprint density at radius 1 is 0.727 bits per heavy atom. The molecule has 0 unspecified atom stereocenters. The summed E-state index contributed by atoms with van der Waals surface area (Å²) in [5.41, 5.74) is 8.96. The quantitative estimate of drug-likeness (QED) is 0.310. The number of pyridine rings is 1. The van der Waals surface area contributed by atoms with Crippen LogP contribution in [-0.4, -0.2) is 10.9 Å². The third-order valence-electron chi connectivity index (χ3n) is 5.63. The number of nitrogens with zero attached hydrogens (tertiary/aromatic N) is 2. The minimum atomic E-state index is -0.140. The summed E-state index contributed by atoms with van der Waals surface area (Å²) < 4.78 is 0. The molecule has 4 aromatic carbocycles. The van der Waals surface area contributed by atoms with Crippen molar-refractivity contribution in [2.75, 3.05) is 10.4 Å². The van der Waals surface area contributed by atoms with Crippen LogP contribution in [0.15, 0.2) is 115 Å². The van der Waals surface area contributed by atoms with Crippen LogP contribution < -0.4 is 10.4 Å². The van der Waals surface area contributed by atoms with Crippen LogP contribution >= 0.6 is 0 Å². The van der Waals surface area contributed by atoms with Gasteiger partial charge in [-0.1, -0.05) is 84.9 Å². The van der Waals surface area contributed by atoms with Gasteiger partial charge in [-0.2, -0.15) is 0 Å². The first kappa shape index (κ1) is 20.5. The van der Waals surface area contributed by atoms with Gasteiger partial charge in [0.1, 0.15) is 0 Å². The highest BCUT2D eigenvalue weighted by atomic mass is 16.2. The summed E-state index contributed by atoms with van der Waals surface area (Å²) in [7, 11) is 0. The average molecular weight is 430 g/mol. The van der Waals surface area contributed by atoms with Gasteiger partial charge < -0.3 is 0 Å². The third kappa shape index (κ3) is 4.06. The molecule has 0 aliphatic heterocycles. The molecule has 5 aromatic rings. The highest BCUT2D eigenvalue weighted by Crippen LogP contribution is 2.31. The zero-order valence-corrected chi connectivity index (χ0v) is 18.3. The van der Waals surface area contributed by atoms with E-state index in [9.17, 15) is 4.79 Å². The maximum atomic E-state index is 14.2. The molecule has 0 aliphatic rings. The maximum Gasteiger partial charge on any atom is 0.277 e. The number of rotatable bonds is 5. The molecule has 0 saturated heterocycles. The molecule has 1 aromatic heterocycles. The number of hydrogen-bond acceptors (Lipinski definition) is 3. The van der Waals surface area contributed by atoms with E-state index >= 15 is 0 Å². The molecule has 0 atom stereocenters. The first-order chi connectivity index (χ1) is 16.2. The van der Waals surface area contributed by atoms with Gasteiger partial charge in [-0.05, 0) is 42.8 Å². The monoisotopic (exact) mass is 429 g/mol. The van der Waals surface area contributed by atoms with Gasteiger partial charge in [0.2, 0.25) is 0 Å². The van der Waals surface area contributed by atoms with E-state index in [4.69, 9.17) is 4.98 Å². The van der Waals surface area contributed by atoms with Crippen molar-refractivity contribution >= 4 is 28.2 Å². The molecule has 0 saturated carbocycles. The number of carbonyl (C=O) groups excluding carboxylic acids is 1. The van der Waals surface area contributed by atoms with Gasteiger partial charge in [-0.25, -0.2) is 9.99 Å². The Morgan fingerprint density at radius 3 is 2.00 bits per heavy atom. The van der Waals surface area contributed by atoms with Crippen molar-refractivity contribution in [3.63, 3.8) is 0 Å². The fourth-order valence-electron chi connectivity index (χ4n) is 4.02. The minimum Gasteiger partial charge on any atom is -0.291 e. The molecule has 33 heavy (non-hydrogen) atoms. The predicted molar refractivity (Wildman–Crippen MR) is 135 cm³/mol. The van der Waals surface area contributed by atoms with Crippen molar-refractivity contribution in [3.05, 3.63) is 126 Å². The second-order valence-corrected chi connectivity index (χ2v) is 7.80. The molecule has 1 N–H and O–H groups in total. The van der Waals surface area contributed by atoms with E-state index in [1.807, 2.05) is 122 Å². The number of nitrogens with one attached hydrogen (secondary N) is 1. The van der Waals surface area contributed by atoms with E-state index in [0.717, 1.165) is 39.1 Å². The summed E-state index contributed by atoms with van der Waals surface area (Å²) in [6.07, 6.45) is 0. The SMILES string of the molecule is Cc1c(-c2ccccc2)nc2ccccc2c1C(=O)N(Nc1ccccc1)c1ccccc1. The molecule has 0 bridgehead atoms. The summed E-state index contributed by atoms with van der Waals surface area (Å²) >= 11 is 0. The Labute approximate surface area is 193 Å². The van der Waals surface area contributed by atoms with E-state index < -0.39 is 0 Å². The van der Waals surface area contributed by atoms with E-state index in [1.165, 1.54) is 0 Å². The van der Waals surface area contributed by atoms with Crippen molar-refractivity contribution in [1.29, 1.82) is 0 Å². The van der Waals surface area contributed by atoms with Crippen LogP contribution in [0, 0.1) is 6.92 Å². The second-order valence-electron chi connectivity index (χ2n) is 7.80. The lowest BCUT2D eigenvalue weighted by Crippen LogP contribution is -2.37. The molecule has 0 fully saturated rings. The minimum absolute atomic E-state index is 0.140. The number of carbonyl (C=O) groups is 1. The van der Waals surface area contributed by atoms with Crippen LogP contribution in [0.3, 0.4) is 0 Å². The highest BCUT2D eigenvalue weighted by Gasteiger charge is 2.25. The van der Waals surface area contributed by atoms with Gasteiger partial charge in [0.15, 0.2) is 0 Å². The summed E-state index contributed by atoms with van der Waals surface area (Å²) in [5, 5.41) is 2.44. The van der Waals surface area contributed by atoms with E-state index in [0.29, 0.717) is 5.56 Å². The lowest BCUT2D eigenvalue weighted by atomic mass is 9.97. The number of hydrogen-bond donors (Lipinski definition) is 1. The van der Waals surface area contributed by atoms with Crippen LogP contribution in [0.4, 0.5) is 11.4 Å². The van der Waals surface area contributed by atoms with E-state index in [2.05, 4.69) is 5.43 Å². The smallest absolute Gasteiger partial charge is 0.277 e. The molecule has 5 rings (SSSR count). The molecule has 4 nitrogen and oxygen atoms in total. The largest absolute Gasteiger partial charge is 0.291 e. The van der Waals surface area contributed by atoms with Crippen molar-refractivity contribution in [3.8, 4) is 11.3 Å². The molecular formula is C29H23N3O. The zero-order chi connectivity index (χ0) is 22.6. The number of hydrazine groups is 1. The van der Waals surface area contributed by atoms with Crippen LogP contribution in [0.25, 0.3) is 22.2 Å². The summed E-state index contributed by atoms with van der Waals surface area (Å²) in [6, 6.07) is 37.2. The van der Waals surface area contributed by atoms with Crippen LogP contribution in [0.2, 0.25) is 0 Å². The molecule has 160 valence electrons. The summed E-state index contributed by atoms with van der Waals surface area (Å²) in [5.74, 6) is -0.140. The standard InChI is InChI=1S/C29H23N3O/c1-21-27(25-19-11-12-20-26(25)30-28(21)22-13-5-2-6-14-22)29(33)32(24-17-9-4-10-18-24)31-23-15-7-3-8-16-23/h2-20,31H,1H3. The third-order valence-corrected chi connectivity index (χ3v) is 5.63. The number of fused-ring (bicyclic) bond motifs is 1. The average Bonchev–Trinajstić information content (AvgIpc) is 2.88. The molecule has 1 amide bonds. The van der Waals surface area contributed by atoms with Crippen LogP contribution in [-0.2, 0) is 0 Å². The van der Waals surface area contributed by atoms with Crippen molar-refractivity contribution in [1.82, 2.24) is 4.98 Å². The Morgan fingerprint density at radius 2 is 1.30 bits per heavy atom. The first-order valence-electron chi connectivity index (χ1n) is 10.9. The number of anilines is 2. The fourth-order valence-corrected chi connectivity index (χ4v) is 4.02. The molecular weight excluding hydrogens is 406 g/mol. The Bertz CT molecular complexity index is 1400. The Balaban J connectivity index is 1.70. The van der Waals surface area contributed by atoms with Crippen molar-refractivity contribution in [2.24, 2.45) is 0 Å². The molecule has 0 spiro atoms. The van der Waals surface area contributed by atoms with Crippen LogP contribution in [0.1, 0.15) is 15.9 Å². The second kappa shape index (κ2) is 8.97. The van der Waals surface area contributed by atoms with Gasteiger partial charge in [-0.15, -0.1) is 0 Å². The number of benzene rings is 4. The summed E-state index contributed by atoms with van der Waals surface area (Å²) in [4.78, 5) is 19.1. The number of para-hydroxylation sites is 3. The maximum absolute atomic E-state index is 14.2.